The van der Waals surface area contributed by atoms with Gasteiger partial charge in [-0.15, -0.1) is 0 Å². The van der Waals surface area contributed by atoms with E-state index < -0.39 is 0 Å². The summed E-state index contributed by atoms with van der Waals surface area (Å²) >= 11 is 0. The van der Waals surface area contributed by atoms with Gasteiger partial charge in [-0.3, -0.25) is 9.69 Å². The first-order chi connectivity index (χ1) is 14.2. The maximum absolute atomic E-state index is 12.9. The average molecular weight is 397 g/mol. The molecule has 0 spiro atoms. The average Bonchev–Trinajstić information content (AvgIpc) is 3.45. The summed E-state index contributed by atoms with van der Waals surface area (Å²) < 4.78 is 0. The summed E-state index contributed by atoms with van der Waals surface area (Å²) in [4.78, 5) is 29.8. The number of anilines is 1. The van der Waals surface area contributed by atoms with Gasteiger partial charge in [-0.25, -0.2) is 4.79 Å². The number of fused-ring (bicyclic) bond motifs is 4. The molecule has 1 aromatic rings. The van der Waals surface area contributed by atoms with Crippen molar-refractivity contribution in [1.29, 1.82) is 0 Å². The number of rotatable bonds is 5. The fraction of sp³-hybridized carbons (Fsp3) is 0.652. The maximum atomic E-state index is 12.9. The Morgan fingerprint density at radius 3 is 2.66 bits per heavy atom. The number of urea groups is 1. The van der Waals surface area contributed by atoms with Crippen LogP contribution in [-0.2, 0) is 4.79 Å². The van der Waals surface area contributed by atoms with Gasteiger partial charge in [0.25, 0.3) is 0 Å². The predicted molar refractivity (Wildman–Crippen MR) is 112 cm³/mol. The first kappa shape index (κ1) is 18.9. The van der Waals surface area contributed by atoms with Crippen LogP contribution in [0.4, 0.5) is 10.5 Å². The van der Waals surface area contributed by atoms with Gasteiger partial charge in [0.2, 0.25) is 5.91 Å². The smallest absolute Gasteiger partial charge is 0.322 e. The standard InChI is InChI=1S/C23H32N4O2/c28-22(12-18-11-16-6-7-17(18)10-16)24-13-21-15-27(20-8-9-26(21)14-20)23(29)25-19-4-2-1-3-5-19/h1-5,16-18,20-21H,6-15H2,(H,24,28)(H,25,29). The van der Waals surface area contributed by atoms with E-state index in [1.54, 1.807) is 0 Å². The molecule has 156 valence electrons. The van der Waals surface area contributed by atoms with Gasteiger partial charge < -0.3 is 15.5 Å². The molecule has 3 amide bonds. The number of hydrogen-bond donors (Lipinski definition) is 2. The molecule has 2 aliphatic carbocycles. The third-order valence-corrected chi connectivity index (χ3v) is 7.71. The molecule has 2 aliphatic heterocycles. The van der Waals surface area contributed by atoms with E-state index in [0.29, 0.717) is 25.4 Å². The lowest BCUT2D eigenvalue weighted by molar-refractivity contribution is -0.122. The minimum atomic E-state index is -0.0268. The minimum Gasteiger partial charge on any atom is -0.354 e. The quantitative estimate of drug-likeness (QED) is 0.804. The molecule has 2 N–H and O–H groups in total. The van der Waals surface area contributed by atoms with Crippen LogP contribution in [-0.4, -0.2) is 60.0 Å². The Hall–Kier alpha value is -2.08. The van der Waals surface area contributed by atoms with Crippen molar-refractivity contribution in [2.75, 3.05) is 31.5 Å². The van der Waals surface area contributed by atoms with E-state index in [4.69, 9.17) is 0 Å². The van der Waals surface area contributed by atoms with Gasteiger partial charge in [-0.1, -0.05) is 24.6 Å². The van der Waals surface area contributed by atoms with Crippen molar-refractivity contribution in [3.63, 3.8) is 0 Å². The highest BCUT2D eigenvalue weighted by atomic mass is 16.2. The van der Waals surface area contributed by atoms with E-state index in [1.807, 2.05) is 35.2 Å². The van der Waals surface area contributed by atoms with E-state index in [9.17, 15) is 9.59 Å². The molecule has 0 radical (unpaired) electrons. The molecule has 4 fully saturated rings. The number of para-hydroxylation sites is 1. The van der Waals surface area contributed by atoms with Crippen molar-refractivity contribution < 1.29 is 9.59 Å². The molecule has 1 aromatic carbocycles. The Morgan fingerprint density at radius 2 is 1.90 bits per heavy atom. The van der Waals surface area contributed by atoms with E-state index in [0.717, 1.165) is 37.0 Å². The number of benzene rings is 1. The van der Waals surface area contributed by atoms with E-state index in [-0.39, 0.29) is 24.0 Å². The molecule has 6 heteroatoms. The largest absolute Gasteiger partial charge is 0.354 e. The Bertz CT molecular complexity index is 755. The van der Waals surface area contributed by atoms with Crippen LogP contribution in [0.15, 0.2) is 30.3 Å². The van der Waals surface area contributed by atoms with Gasteiger partial charge in [-0.05, 0) is 55.6 Å². The van der Waals surface area contributed by atoms with Crippen molar-refractivity contribution in [2.24, 2.45) is 17.8 Å². The zero-order valence-corrected chi connectivity index (χ0v) is 17.1. The SMILES string of the molecule is O=C(CC1CC2CCC1C2)NCC1CN(C(=O)Nc2ccccc2)C2CCN1C2. The molecule has 4 aliphatic rings. The van der Waals surface area contributed by atoms with Crippen LogP contribution >= 0.6 is 0 Å². The number of nitrogens with one attached hydrogen (secondary N) is 2. The molecule has 0 aromatic heterocycles. The number of hydrogen-bond acceptors (Lipinski definition) is 3. The minimum absolute atomic E-state index is 0.0268. The molecule has 2 heterocycles. The van der Waals surface area contributed by atoms with Crippen molar-refractivity contribution in [2.45, 2.75) is 50.6 Å². The summed E-state index contributed by atoms with van der Waals surface area (Å²) in [5.74, 6) is 2.47. The van der Waals surface area contributed by atoms with Crippen LogP contribution in [0.25, 0.3) is 0 Å². The van der Waals surface area contributed by atoms with Crippen LogP contribution in [0.2, 0.25) is 0 Å². The van der Waals surface area contributed by atoms with Crippen molar-refractivity contribution in [3.05, 3.63) is 30.3 Å². The molecule has 6 nitrogen and oxygen atoms in total. The van der Waals surface area contributed by atoms with Crippen molar-refractivity contribution in [1.82, 2.24) is 15.1 Å². The van der Waals surface area contributed by atoms with Gasteiger partial charge >= 0.3 is 6.03 Å². The Labute approximate surface area is 173 Å². The maximum Gasteiger partial charge on any atom is 0.322 e. The monoisotopic (exact) mass is 396 g/mol. The number of carbonyl (C=O) groups is 2. The highest BCUT2D eigenvalue weighted by Crippen LogP contribution is 2.49. The lowest BCUT2D eigenvalue weighted by atomic mass is 9.86. The van der Waals surface area contributed by atoms with E-state index in [2.05, 4.69) is 15.5 Å². The molecular weight excluding hydrogens is 364 g/mol. The first-order valence-corrected chi connectivity index (χ1v) is 11.3. The summed E-state index contributed by atoms with van der Waals surface area (Å²) in [7, 11) is 0. The highest BCUT2D eigenvalue weighted by Gasteiger charge is 2.42. The highest BCUT2D eigenvalue weighted by molar-refractivity contribution is 5.89. The fourth-order valence-corrected chi connectivity index (χ4v) is 6.17. The van der Waals surface area contributed by atoms with Crippen LogP contribution in [0.5, 0.6) is 0 Å². The first-order valence-electron chi connectivity index (χ1n) is 11.3. The summed E-state index contributed by atoms with van der Waals surface area (Å²) in [6.07, 6.45) is 7.00. The molecule has 5 rings (SSSR count). The zero-order valence-electron chi connectivity index (χ0n) is 17.1. The van der Waals surface area contributed by atoms with Crippen LogP contribution in [0.3, 0.4) is 0 Å². The van der Waals surface area contributed by atoms with Crippen LogP contribution in [0.1, 0.15) is 38.5 Å². The number of nitrogens with zero attached hydrogens (tertiary/aromatic N) is 2. The van der Waals surface area contributed by atoms with Gasteiger partial charge in [0.15, 0.2) is 0 Å². The summed E-state index contributed by atoms with van der Waals surface area (Å²) in [5.41, 5.74) is 0.827. The van der Waals surface area contributed by atoms with E-state index >= 15 is 0 Å². The molecule has 2 saturated carbocycles. The molecule has 29 heavy (non-hydrogen) atoms. The van der Waals surface area contributed by atoms with E-state index in [1.165, 1.54) is 25.7 Å². The molecule has 6 unspecified atom stereocenters. The molecular formula is C23H32N4O2. The zero-order chi connectivity index (χ0) is 19.8. The summed E-state index contributed by atoms with van der Waals surface area (Å²) in [6, 6.07) is 10.1. The van der Waals surface area contributed by atoms with Gasteiger partial charge in [0.05, 0.1) is 0 Å². The molecule has 4 bridgehead atoms. The Kier molecular flexibility index (Phi) is 5.20. The third-order valence-electron chi connectivity index (χ3n) is 7.71. The number of piperazine rings is 1. The number of carbonyl (C=O) groups excluding carboxylic acids is 2. The summed E-state index contributed by atoms with van der Waals surface area (Å²) in [5, 5.41) is 6.22. The van der Waals surface area contributed by atoms with Gasteiger partial charge in [0, 0.05) is 50.4 Å². The Morgan fingerprint density at radius 1 is 1.03 bits per heavy atom. The second-order valence-corrected chi connectivity index (χ2v) is 9.48. The second-order valence-electron chi connectivity index (χ2n) is 9.48. The van der Waals surface area contributed by atoms with Crippen LogP contribution < -0.4 is 10.6 Å². The normalized spacial score (nSPS) is 35.0. The van der Waals surface area contributed by atoms with Gasteiger partial charge in [-0.2, -0.15) is 0 Å². The Balaban J connectivity index is 1.14. The van der Waals surface area contributed by atoms with Crippen molar-refractivity contribution in [3.8, 4) is 0 Å². The number of amides is 3. The lowest BCUT2D eigenvalue weighted by Gasteiger charge is -2.40. The predicted octanol–water partition coefficient (Wildman–Crippen LogP) is 2.92. The third kappa shape index (κ3) is 4.00. The van der Waals surface area contributed by atoms with Gasteiger partial charge in [0.1, 0.15) is 0 Å². The summed E-state index contributed by atoms with van der Waals surface area (Å²) in [6.45, 7) is 3.24. The fourth-order valence-electron chi connectivity index (χ4n) is 6.17. The molecule has 6 atom stereocenters. The van der Waals surface area contributed by atoms with Crippen LogP contribution in [0, 0.1) is 17.8 Å². The topological polar surface area (TPSA) is 64.7 Å². The lowest BCUT2D eigenvalue weighted by Crippen LogP contribution is -2.58. The molecule has 2 saturated heterocycles. The second kappa shape index (κ2) is 7.98. The van der Waals surface area contributed by atoms with Crippen molar-refractivity contribution >= 4 is 17.6 Å².